The maximum Gasteiger partial charge on any atom is 0.239 e. The summed E-state index contributed by atoms with van der Waals surface area (Å²) in [5, 5.41) is 12.2. The summed E-state index contributed by atoms with van der Waals surface area (Å²) in [7, 11) is 3.59. The maximum absolute atomic E-state index is 11.9. The van der Waals surface area contributed by atoms with Gasteiger partial charge in [0.2, 0.25) is 5.91 Å². The summed E-state index contributed by atoms with van der Waals surface area (Å²) >= 11 is 0. The molecule has 0 fully saturated rings. The maximum atomic E-state index is 11.9. The van der Waals surface area contributed by atoms with Crippen molar-refractivity contribution in [3.8, 4) is 5.75 Å². The van der Waals surface area contributed by atoms with Crippen LogP contribution in [0.5, 0.6) is 5.75 Å². The Morgan fingerprint density at radius 2 is 2.06 bits per heavy atom. The Kier molecular flexibility index (Phi) is 5.61. The zero-order chi connectivity index (χ0) is 13.5. The van der Waals surface area contributed by atoms with Crippen LogP contribution in [0.4, 0.5) is 0 Å². The van der Waals surface area contributed by atoms with Crippen LogP contribution in [0.1, 0.15) is 5.56 Å². The van der Waals surface area contributed by atoms with Gasteiger partial charge < -0.3 is 21.1 Å². The molecule has 18 heavy (non-hydrogen) atoms. The highest BCUT2D eigenvalue weighted by Gasteiger charge is 2.17. The molecule has 0 saturated heterocycles. The minimum Gasteiger partial charge on any atom is -0.508 e. The van der Waals surface area contributed by atoms with E-state index in [4.69, 9.17) is 5.73 Å². The summed E-state index contributed by atoms with van der Waals surface area (Å²) in [6.45, 7) is 1.38. The normalized spacial score (nSPS) is 12.2. The van der Waals surface area contributed by atoms with Crippen LogP contribution in [0, 0.1) is 0 Å². The van der Waals surface area contributed by atoms with Crippen LogP contribution in [0.25, 0.3) is 0 Å². The van der Waals surface area contributed by atoms with Crippen LogP contribution < -0.4 is 11.1 Å². The average molecular weight is 251 g/mol. The van der Waals surface area contributed by atoms with E-state index in [9.17, 15) is 9.90 Å². The van der Waals surface area contributed by atoms with Gasteiger partial charge in [0.25, 0.3) is 0 Å². The zero-order valence-corrected chi connectivity index (χ0v) is 10.9. The van der Waals surface area contributed by atoms with Gasteiger partial charge in [-0.1, -0.05) is 12.1 Å². The lowest BCUT2D eigenvalue weighted by atomic mass is 10.1. The van der Waals surface area contributed by atoms with Crippen LogP contribution in [0.3, 0.4) is 0 Å². The molecule has 5 nitrogen and oxygen atoms in total. The van der Waals surface area contributed by atoms with Crippen molar-refractivity contribution in [3.63, 3.8) is 0 Å². The number of amides is 1. The molecule has 0 bridgehead atoms. The van der Waals surface area contributed by atoms with E-state index >= 15 is 0 Å². The third-order valence-corrected chi connectivity index (χ3v) is 2.78. The number of phenols is 1. The lowest BCUT2D eigenvalue weighted by Crippen LogP contribution is -2.44. The Labute approximate surface area is 108 Å². The second kappa shape index (κ2) is 6.98. The standard InChI is InChI=1S/C13H21N3O2/c1-15-7-8-16(2)13(18)12(14)9-10-3-5-11(17)6-4-10/h3-6,12,15,17H,7-9,14H2,1-2H3. The number of carbonyl (C=O) groups is 1. The molecular formula is C13H21N3O2. The zero-order valence-electron chi connectivity index (χ0n) is 10.9. The number of aromatic hydroxyl groups is 1. The van der Waals surface area contributed by atoms with Crippen molar-refractivity contribution < 1.29 is 9.90 Å². The Morgan fingerprint density at radius 1 is 1.44 bits per heavy atom. The second-order valence-electron chi connectivity index (χ2n) is 4.34. The van der Waals surface area contributed by atoms with Crippen molar-refractivity contribution in [2.75, 3.05) is 27.2 Å². The molecule has 1 amide bonds. The number of nitrogens with two attached hydrogens (primary N) is 1. The van der Waals surface area contributed by atoms with E-state index in [-0.39, 0.29) is 11.7 Å². The first-order valence-electron chi connectivity index (χ1n) is 5.97. The fourth-order valence-corrected chi connectivity index (χ4v) is 1.65. The Balaban J connectivity index is 2.51. The fourth-order valence-electron chi connectivity index (χ4n) is 1.65. The second-order valence-corrected chi connectivity index (χ2v) is 4.34. The number of likely N-dealkylation sites (N-methyl/N-ethyl adjacent to an activating group) is 2. The molecule has 1 rings (SSSR count). The highest BCUT2D eigenvalue weighted by atomic mass is 16.3. The molecule has 0 aromatic heterocycles. The van der Waals surface area contributed by atoms with E-state index in [2.05, 4.69) is 5.32 Å². The SMILES string of the molecule is CNCCN(C)C(=O)C(N)Cc1ccc(O)cc1. The van der Waals surface area contributed by atoms with Gasteiger partial charge in [0.15, 0.2) is 0 Å². The van der Waals surface area contributed by atoms with Crippen molar-refractivity contribution in [2.45, 2.75) is 12.5 Å². The number of benzene rings is 1. The van der Waals surface area contributed by atoms with Crippen LogP contribution in [0.15, 0.2) is 24.3 Å². The van der Waals surface area contributed by atoms with E-state index in [1.807, 2.05) is 7.05 Å². The molecule has 0 aliphatic heterocycles. The van der Waals surface area contributed by atoms with Gasteiger partial charge in [-0.25, -0.2) is 0 Å². The number of nitrogens with zero attached hydrogens (tertiary/aromatic N) is 1. The number of carbonyl (C=O) groups excluding carboxylic acids is 1. The van der Waals surface area contributed by atoms with Gasteiger partial charge in [0.05, 0.1) is 6.04 Å². The molecule has 0 saturated carbocycles. The van der Waals surface area contributed by atoms with Crippen molar-refractivity contribution in [3.05, 3.63) is 29.8 Å². The van der Waals surface area contributed by atoms with E-state index in [0.29, 0.717) is 13.0 Å². The van der Waals surface area contributed by atoms with Gasteiger partial charge in [-0.05, 0) is 31.2 Å². The van der Waals surface area contributed by atoms with Gasteiger partial charge in [-0.2, -0.15) is 0 Å². The van der Waals surface area contributed by atoms with Crippen molar-refractivity contribution >= 4 is 5.91 Å². The lowest BCUT2D eigenvalue weighted by Gasteiger charge is -2.21. The van der Waals surface area contributed by atoms with Gasteiger partial charge in [0, 0.05) is 20.1 Å². The summed E-state index contributed by atoms with van der Waals surface area (Å²) in [5.74, 6) is 0.142. The predicted octanol–water partition coefficient (Wildman–Crippen LogP) is -0.0602. The van der Waals surface area contributed by atoms with Crippen LogP contribution in [-0.4, -0.2) is 49.1 Å². The molecule has 0 heterocycles. The minimum atomic E-state index is -0.545. The van der Waals surface area contributed by atoms with E-state index < -0.39 is 6.04 Å². The third-order valence-electron chi connectivity index (χ3n) is 2.78. The van der Waals surface area contributed by atoms with Crippen molar-refractivity contribution in [2.24, 2.45) is 5.73 Å². The summed E-state index contributed by atoms with van der Waals surface area (Å²) in [4.78, 5) is 13.6. The molecule has 1 atom stereocenters. The Bertz CT molecular complexity index is 378. The van der Waals surface area contributed by atoms with E-state index in [0.717, 1.165) is 12.1 Å². The molecule has 0 radical (unpaired) electrons. The number of hydrogen-bond acceptors (Lipinski definition) is 4. The summed E-state index contributed by atoms with van der Waals surface area (Å²) in [6, 6.07) is 6.19. The molecule has 1 aromatic carbocycles. The van der Waals surface area contributed by atoms with Crippen LogP contribution in [0.2, 0.25) is 0 Å². The lowest BCUT2D eigenvalue weighted by molar-refractivity contribution is -0.131. The molecule has 0 aliphatic carbocycles. The largest absolute Gasteiger partial charge is 0.508 e. The molecular weight excluding hydrogens is 230 g/mol. The van der Waals surface area contributed by atoms with Gasteiger partial charge in [-0.3, -0.25) is 4.79 Å². The number of phenolic OH excluding ortho intramolecular Hbond substituents is 1. The monoisotopic (exact) mass is 251 g/mol. The van der Waals surface area contributed by atoms with Crippen LogP contribution >= 0.6 is 0 Å². The Morgan fingerprint density at radius 3 is 2.61 bits per heavy atom. The topological polar surface area (TPSA) is 78.6 Å². The summed E-state index contributed by atoms with van der Waals surface area (Å²) < 4.78 is 0. The minimum absolute atomic E-state index is 0.0710. The molecule has 1 aromatic rings. The first kappa shape index (κ1) is 14.5. The van der Waals surface area contributed by atoms with Gasteiger partial charge in [0.1, 0.15) is 5.75 Å². The molecule has 100 valence electrons. The first-order valence-corrected chi connectivity index (χ1v) is 5.97. The first-order chi connectivity index (χ1) is 8.54. The molecule has 1 unspecified atom stereocenters. The highest BCUT2D eigenvalue weighted by Crippen LogP contribution is 2.11. The number of nitrogens with one attached hydrogen (secondary N) is 1. The molecule has 4 N–H and O–H groups in total. The average Bonchev–Trinajstić information content (AvgIpc) is 2.37. The number of hydrogen-bond donors (Lipinski definition) is 3. The van der Waals surface area contributed by atoms with E-state index in [1.54, 1.807) is 36.2 Å². The molecule has 5 heteroatoms. The quantitative estimate of drug-likeness (QED) is 0.662. The predicted molar refractivity (Wildman–Crippen MR) is 71.3 cm³/mol. The highest BCUT2D eigenvalue weighted by molar-refractivity contribution is 5.81. The summed E-state index contributed by atoms with van der Waals surface area (Å²) in [5.41, 5.74) is 6.83. The molecule has 0 aliphatic rings. The fraction of sp³-hybridized carbons (Fsp3) is 0.462. The van der Waals surface area contributed by atoms with E-state index in [1.165, 1.54) is 0 Å². The van der Waals surface area contributed by atoms with Crippen LogP contribution in [-0.2, 0) is 11.2 Å². The molecule has 0 spiro atoms. The Hall–Kier alpha value is -1.59. The third kappa shape index (κ3) is 4.35. The van der Waals surface area contributed by atoms with Gasteiger partial charge >= 0.3 is 0 Å². The number of rotatable bonds is 6. The summed E-state index contributed by atoms with van der Waals surface area (Å²) in [6.07, 6.45) is 0.475. The van der Waals surface area contributed by atoms with Crippen molar-refractivity contribution in [1.29, 1.82) is 0 Å². The van der Waals surface area contributed by atoms with Crippen molar-refractivity contribution in [1.82, 2.24) is 10.2 Å². The van der Waals surface area contributed by atoms with Gasteiger partial charge in [-0.15, -0.1) is 0 Å². The smallest absolute Gasteiger partial charge is 0.239 e.